The molecule has 21 heavy (non-hydrogen) atoms. The molecule has 5 nitrogen and oxygen atoms in total. The van der Waals surface area contributed by atoms with Gasteiger partial charge in [0.25, 0.3) is 0 Å². The monoisotopic (exact) mass is 435 g/mol. The number of halogens is 3. The van der Waals surface area contributed by atoms with Crippen LogP contribution in [0, 0.1) is 0 Å². The van der Waals surface area contributed by atoms with E-state index < -0.39 is 11.9 Å². The molecule has 0 atom stereocenters. The summed E-state index contributed by atoms with van der Waals surface area (Å²) in [6.45, 7) is 0. The topological polar surface area (TPSA) is 87.5 Å². The Hall–Kier alpha value is -1.44. The minimum Gasteiger partial charge on any atom is -0.478 e. The lowest BCUT2D eigenvalue weighted by Gasteiger charge is -1.97. The number of carboxylic acids is 2. The Labute approximate surface area is 141 Å². The number of carboxylic acid groups (broad SMARTS) is 2. The summed E-state index contributed by atoms with van der Waals surface area (Å²) in [6, 6.07) is 6.18. The fourth-order valence-corrected chi connectivity index (χ4v) is 2.11. The molecule has 2 aromatic rings. The molecule has 0 aliphatic carbocycles. The molecule has 0 spiro atoms. The second-order valence-electron chi connectivity index (χ2n) is 3.63. The maximum absolute atomic E-state index is 10.5. The van der Waals surface area contributed by atoms with Crippen LogP contribution in [0.1, 0.15) is 20.7 Å². The van der Waals surface area contributed by atoms with Gasteiger partial charge < -0.3 is 10.2 Å². The first-order chi connectivity index (χ1) is 9.81. The largest absolute Gasteiger partial charge is 0.478 e. The molecule has 1 aromatic carbocycles. The average molecular weight is 437 g/mol. The lowest BCUT2D eigenvalue weighted by molar-refractivity contribution is 0.0686. The molecule has 0 unspecified atom stereocenters. The number of rotatable bonds is 2. The van der Waals surface area contributed by atoms with E-state index in [2.05, 4.69) is 36.8 Å². The lowest BCUT2D eigenvalue weighted by atomic mass is 10.2. The van der Waals surface area contributed by atoms with Crippen LogP contribution in [0.3, 0.4) is 0 Å². The minimum atomic E-state index is -1.02. The normalized spacial score (nSPS) is 9.48. The van der Waals surface area contributed by atoms with E-state index in [1.54, 1.807) is 6.07 Å². The number of aromatic carboxylic acids is 2. The summed E-state index contributed by atoms with van der Waals surface area (Å²) in [5.74, 6) is -1.98. The van der Waals surface area contributed by atoms with Crippen molar-refractivity contribution >= 4 is 55.4 Å². The van der Waals surface area contributed by atoms with Crippen molar-refractivity contribution in [2.24, 2.45) is 0 Å². The standard InChI is InChI=1S/C7H4BrClO2.C6H4BrNO2/c8-4-1-2-6(9)5(3-4)7(10)11;7-5-1-4(6(9)10)2-8-3-5/h1-3H,(H,10,11);1-3H,(H,9,10). The fourth-order valence-electron chi connectivity index (χ4n) is 1.19. The third kappa shape index (κ3) is 5.82. The molecule has 0 aliphatic heterocycles. The molecule has 0 radical (unpaired) electrons. The van der Waals surface area contributed by atoms with Crippen LogP contribution in [-0.2, 0) is 0 Å². The Morgan fingerprint density at radius 3 is 2.10 bits per heavy atom. The van der Waals surface area contributed by atoms with Gasteiger partial charge in [0.15, 0.2) is 0 Å². The molecule has 0 bridgehead atoms. The van der Waals surface area contributed by atoms with Gasteiger partial charge in [0.1, 0.15) is 0 Å². The molecule has 2 N–H and O–H groups in total. The van der Waals surface area contributed by atoms with Crippen LogP contribution in [-0.4, -0.2) is 27.1 Å². The van der Waals surface area contributed by atoms with Crippen molar-refractivity contribution in [3.05, 3.63) is 61.8 Å². The van der Waals surface area contributed by atoms with Crippen molar-refractivity contribution in [2.45, 2.75) is 0 Å². The first-order valence-electron chi connectivity index (χ1n) is 5.33. The van der Waals surface area contributed by atoms with E-state index in [4.69, 9.17) is 21.8 Å². The third-order valence-electron chi connectivity index (χ3n) is 2.11. The molecular formula is C13H8Br2ClNO4. The van der Waals surface area contributed by atoms with E-state index in [9.17, 15) is 9.59 Å². The van der Waals surface area contributed by atoms with Gasteiger partial charge in [-0.3, -0.25) is 4.98 Å². The van der Waals surface area contributed by atoms with Crippen LogP contribution in [0.2, 0.25) is 5.02 Å². The Bertz CT molecular complexity index is 679. The van der Waals surface area contributed by atoms with Gasteiger partial charge in [-0.05, 0) is 40.2 Å². The molecule has 2 rings (SSSR count). The first-order valence-corrected chi connectivity index (χ1v) is 7.30. The van der Waals surface area contributed by atoms with Crippen molar-refractivity contribution in [2.75, 3.05) is 0 Å². The molecular weight excluding hydrogens is 429 g/mol. The highest BCUT2D eigenvalue weighted by Crippen LogP contribution is 2.20. The highest BCUT2D eigenvalue weighted by molar-refractivity contribution is 9.10. The maximum Gasteiger partial charge on any atom is 0.337 e. The van der Waals surface area contributed by atoms with E-state index >= 15 is 0 Å². The molecule has 1 heterocycles. The van der Waals surface area contributed by atoms with Gasteiger partial charge in [-0.15, -0.1) is 0 Å². The van der Waals surface area contributed by atoms with Crippen molar-refractivity contribution in [1.29, 1.82) is 0 Å². The molecule has 0 aliphatic rings. The number of carbonyl (C=O) groups is 2. The molecule has 1 aromatic heterocycles. The summed E-state index contributed by atoms with van der Waals surface area (Å²) in [5.41, 5.74) is 0.301. The van der Waals surface area contributed by atoms with E-state index in [0.717, 1.165) is 0 Å². The van der Waals surface area contributed by atoms with Gasteiger partial charge in [0.05, 0.1) is 16.1 Å². The second-order valence-corrected chi connectivity index (χ2v) is 5.86. The number of aromatic nitrogens is 1. The SMILES string of the molecule is O=C(O)c1cc(Br)ccc1Cl.O=C(O)c1cncc(Br)c1. The number of hydrogen-bond donors (Lipinski definition) is 2. The van der Waals surface area contributed by atoms with E-state index in [1.807, 2.05) is 0 Å². The van der Waals surface area contributed by atoms with Crippen molar-refractivity contribution < 1.29 is 19.8 Å². The lowest BCUT2D eigenvalue weighted by Crippen LogP contribution is -1.96. The highest BCUT2D eigenvalue weighted by Gasteiger charge is 2.07. The number of benzene rings is 1. The summed E-state index contributed by atoms with van der Waals surface area (Å²) in [5, 5.41) is 17.3. The number of nitrogens with zero attached hydrogens (tertiary/aromatic N) is 1. The van der Waals surface area contributed by atoms with Gasteiger partial charge in [-0.2, -0.15) is 0 Å². The summed E-state index contributed by atoms with van der Waals surface area (Å²) in [6.07, 6.45) is 2.83. The van der Waals surface area contributed by atoms with Crippen LogP contribution < -0.4 is 0 Å². The first kappa shape index (κ1) is 17.6. The van der Waals surface area contributed by atoms with Crippen molar-refractivity contribution in [1.82, 2.24) is 4.98 Å². The smallest absolute Gasteiger partial charge is 0.337 e. The summed E-state index contributed by atoms with van der Waals surface area (Å²) in [7, 11) is 0. The quantitative estimate of drug-likeness (QED) is 0.730. The predicted octanol–water partition coefficient (Wildman–Crippen LogP) is 4.34. The predicted molar refractivity (Wildman–Crippen MR) is 85.0 cm³/mol. The summed E-state index contributed by atoms with van der Waals surface area (Å²) in [4.78, 5) is 24.4. The van der Waals surface area contributed by atoms with E-state index in [1.165, 1.54) is 30.6 Å². The van der Waals surface area contributed by atoms with Crippen LogP contribution in [0.5, 0.6) is 0 Å². The molecule has 0 saturated carbocycles. The maximum atomic E-state index is 10.5. The molecule has 0 saturated heterocycles. The minimum absolute atomic E-state index is 0.112. The zero-order valence-corrected chi connectivity index (χ0v) is 14.2. The second kappa shape index (κ2) is 8.11. The Balaban J connectivity index is 0.000000211. The van der Waals surface area contributed by atoms with Crippen LogP contribution in [0.4, 0.5) is 0 Å². The highest BCUT2D eigenvalue weighted by atomic mass is 79.9. The fraction of sp³-hybridized carbons (Fsp3) is 0. The Morgan fingerprint density at radius 2 is 1.67 bits per heavy atom. The van der Waals surface area contributed by atoms with Crippen molar-refractivity contribution in [3.8, 4) is 0 Å². The van der Waals surface area contributed by atoms with Gasteiger partial charge in [-0.1, -0.05) is 27.5 Å². The Morgan fingerprint density at radius 1 is 1.00 bits per heavy atom. The number of pyridine rings is 1. The van der Waals surface area contributed by atoms with Gasteiger partial charge >= 0.3 is 11.9 Å². The summed E-state index contributed by atoms with van der Waals surface area (Å²) >= 11 is 11.8. The zero-order chi connectivity index (χ0) is 16.0. The zero-order valence-electron chi connectivity index (χ0n) is 10.3. The average Bonchev–Trinajstić information content (AvgIpc) is 2.42. The van der Waals surface area contributed by atoms with Crippen LogP contribution >= 0.6 is 43.5 Å². The van der Waals surface area contributed by atoms with Crippen molar-refractivity contribution in [3.63, 3.8) is 0 Å². The van der Waals surface area contributed by atoms with Crippen LogP contribution in [0.15, 0.2) is 45.6 Å². The number of hydrogen-bond acceptors (Lipinski definition) is 3. The van der Waals surface area contributed by atoms with Gasteiger partial charge in [0.2, 0.25) is 0 Å². The van der Waals surface area contributed by atoms with E-state index in [-0.39, 0.29) is 16.1 Å². The third-order valence-corrected chi connectivity index (χ3v) is 3.37. The molecule has 0 amide bonds. The van der Waals surface area contributed by atoms with E-state index in [0.29, 0.717) is 8.95 Å². The molecule has 110 valence electrons. The Kier molecular flexibility index (Phi) is 6.80. The molecule has 0 fully saturated rings. The van der Waals surface area contributed by atoms with Gasteiger partial charge in [-0.25, -0.2) is 9.59 Å². The van der Waals surface area contributed by atoms with Gasteiger partial charge in [0, 0.05) is 21.3 Å². The molecule has 8 heteroatoms. The summed E-state index contributed by atoms with van der Waals surface area (Å²) < 4.78 is 1.38. The van der Waals surface area contributed by atoms with Crippen LogP contribution in [0.25, 0.3) is 0 Å².